The van der Waals surface area contributed by atoms with Gasteiger partial charge in [0.2, 0.25) is 0 Å². The maximum atomic E-state index is 13.5. The molecular formula is C13H17F4NO. The van der Waals surface area contributed by atoms with Crippen LogP contribution in [-0.4, -0.2) is 19.8 Å². The van der Waals surface area contributed by atoms with Crippen LogP contribution in [0.4, 0.5) is 17.6 Å². The molecular weight excluding hydrogens is 262 g/mol. The molecule has 1 rings (SSSR count). The Morgan fingerprint density at radius 2 is 1.95 bits per heavy atom. The minimum absolute atomic E-state index is 0.272. The summed E-state index contributed by atoms with van der Waals surface area (Å²) in [7, 11) is 1.65. The van der Waals surface area contributed by atoms with Crippen LogP contribution in [-0.2, 0) is 10.9 Å². The van der Waals surface area contributed by atoms with Gasteiger partial charge in [-0.2, -0.15) is 13.2 Å². The van der Waals surface area contributed by atoms with Crippen molar-refractivity contribution in [2.75, 3.05) is 13.7 Å². The van der Waals surface area contributed by atoms with Gasteiger partial charge in [-0.1, -0.05) is 6.07 Å². The van der Waals surface area contributed by atoms with Crippen LogP contribution in [0.15, 0.2) is 18.2 Å². The van der Waals surface area contributed by atoms with Crippen molar-refractivity contribution in [2.24, 2.45) is 0 Å². The minimum atomic E-state index is -4.68. The van der Waals surface area contributed by atoms with Crippen molar-refractivity contribution < 1.29 is 22.3 Å². The Hall–Kier alpha value is -1.14. The van der Waals surface area contributed by atoms with Gasteiger partial charge in [0.25, 0.3) is 0 Å². The van der Waals surface area contributed by atoms with Gasteiger partial charge in [0, 0.05) is 6.61 Å². The average molecular weight is 279 g/mol. The fourth-order valence-electron chi connectivity index (χ4n) is 1.99. The number of hydrogen-bond acceptors (Lipinski definition) is 2. The van der Waals surface area contributed by atoms with E-state index in [0.717, 1.165) is 12.1 Å². The maximum Gasteiger partial charge on any atom is 0.419 e. The van der Waals surface area contributed by atoms with E-state index in [4.69, 9.17) is 4.74 Å². The van der Waals surface area contributed by atoms with Gasteiger partial charge in [-0.25, -0.2) is 4.39 Å². The maximum absolute atomic E-state index is 13.5. The summed E-state index contributed by atoms with van der Waals surface area (Å²) in [5.74, 6) is -1.27. The minimum Gasteiger partial charge on any atom is -0.377 e. The zero-order valence-electron chi connectivity index (χ0n) is 11.0. The van der Waals surface area contributed by atoms with E-state index in [0.29, 0.717) is 12.2 Å². The van der Waals surface area contributed by atoms with Crippen LogP contribution < -0.4 is 5.32 Å². The van der Waals surface area contributed by atoms with E-state index in [-0.39, 0.29) is 12.1 Å². The second kappa shape index (κ2) is 6.34. The third-order valence-electron chi connectivity index (χ3n) is 2.87. The first-order valence-electron chi connectivity index (χ1n) is 5.96. The Morgan fingerprint density at radius 1 is 1.32 bits per heavy atom. The molecule has 0 aliphatic carbocycles. The Bertz CT molecular complexity index is 420. The quantitative estimate of drug-likeness (QED) is 0.833. The Labute approximate surface area is 109 Å². The third kappa shape index (κ3) is 3.91. The summed E-state index contributed by atoms with van der Waals surface area (Å²) < 4.78 is 56.3. The Morgan fingerprint density at radius 3 is 2.37 bits per heavy atom. The smallest absolute Gasteiger partial charge is 0.377 e. The summed E-state index contributed by atoms with van der Waals surface area (Å²) in [6.07, 6.45) is -4.95. The first-order chi connectivity index (χ1) is 8.81. The number of rotatable bonds is 5. The molecule has 2 nitrogen and oxygen atoms in total. The monoisotopic (exact) mass is 279 g/mol. The molecule has 1 N–H and O–H groups in total. The van der Waals surface area contributed by atoms with E-state index < -0.39 is 17.6 Å². The molecule has 0 bridgehead atoms. The molecule has 1 aromatic carbocycles. The standard InChI is InChI=1S/C13H17F4NO/c1-4-19-8(2)12(18-3)9-5-6-10(11(14)7-9)13(15,16)17/h5-8,12,18H,4H2,1-3H3. The molecule has 0 saturated carbocycles. The Kier molecular flexibility index (Phi) is 5.31. The van der Waals surface area contributed by atoms with Crippen molar-refractivity contribution in [1.29, 1.82) is 0 Å². The molecule has 0 aliphatic heterocycles. The molecule has 1 aromatic rings. The number of alkyl halides is 3. The summed E-state index contributed by atoms with van der Waals surface area (Å²) in [6, 6.07) is 2.56. The van der Waals surface area contributed by atoms with Crippen LogP contribution >= 0.6 is 0 Å². The van der Waals surface area contributed by atoms with Crippen LogP contribution in [0.3, 0.4) is 0 Å². The molecule has 108 valence electrons. The lowest BCUT2D eigenvalue weighted by Gasteiger charge is -2.24. The number of halogens is 4. The van der Waals surface area contributed by atoms with E-state index in [1.165, 1.54) is 6.07 Å². The zero-order valence-corrected chi connectivity index (χ0v) is 11.0. The molecule has 0 fully saturated rings. The molecule has 0 saturated heterocycles. The van der Waals surface area contributed by atoms with Crippen molar-refractivity contribution >= 4 is 0 Å². The summed E-state index contributed by atoms with van der Waals surface area (Å²) in [5.41, 5.74) is -0.830. The van der Waals surface area contributed by atoms with Crippen LogP contribution in [0.5, 0.6) is 0 Å². The fraction of sp³-hybridized carbons (Fsp3) is 0.538. The largest absolute Gasteiger partial charge is 0.419 e. The molecule has 0 radical (unpaired) electrons. The van der Waals surface area contributed by atoms with E-state index in [1.807, 2.05) is 6.92 Å². The molecule has 6 heteroatoms. The molecule has 0 aromatic heterocycles. The van der Waals surface area contributed by atoms with Crippen molar-refractivity contribution in [1.82, 2.24) is 5.32 Å². The van der Waals surface area contributed by atoms with E-state index in [9.17, 15) is 17.6 Å². The number of benzene rings is 1. The summed E-state index contributed by atoms with van der Waals surface area (Å²) in [4.78, 5) is 0. The summed E-state index contributed by atoms with van der Waals surface area (Å²) in [5, 5.41) is 2.92. The predicted octanol–water partition coefficient (Wildman–Crippen LogP) is 3.53. The molecule has 2 unspecified atom stereocenters. The number of hydrogen-bond donors (Lipinski definition) is 1. The highest BCUT2D eigenvalue weighted by Gasteiger charge is 2.34. The van der Waals surface area contributed by atoms with Gasteiger partial charge in [0.05, 0.1) is 17.7 Å². The SMILES string of the molecule is CCOC(C)C(NC)c1ccc(C(F)(F)F)c(F)c1. The second-order valence-corrected chi connectivity index (χ2v) is 4.16. The lowest BCUT2D eigenvalue weighted by molar-refractivity contribution is -0.140. The predicted molar refractivity (Wildman–Crippen MR) is 64.3 cm³/mol. The summed E-state index contributed by atoms with van der Waals surface area (Å²) in [6.45, 7) is 4.07. The van der Waals surface area contributed by atoms with E-state index in [1.54, 1.807) is 14.0 Å². The van der Waals surface area contributed by atoms with Gasteiger partial charge in [0.15, 0.2) is 0 Å². The van der Waals surface area contributed by atoms with Crippen LogP contribution in [0, 0.1) is 5.82 Å². The first-order valence-corrected chi connectivity index (χ1v) is 5.96. The lowest BCUT2D eigenvalue weighted by atomic mass is 10.0. The highest BCUT2D eigenvalue weighted by molar-refractivity contribution is 5.29. The van der Waals surface area contributed by atoms with Crippen molar-refractivity contribution in [3.05, 3.63) is 35.1 Å². The van der Waals surface area contributed by atoms with Crippen molar-refractivity contribution in [3.63, 3.8) is 0 Å². The fourth-order valence-corrected chi connectivity index (χ4v) is 1.99. The first kappa shape index (κ1) is 15.9. The van der Waals surface area contributed by atoms with Crippen molar-refractivity contribution in [2.45, 2.75) is 32.2 Å². The summed E-state index contributed by atoms with van der Waals surface area (Å²) >= 11 is 0. The van der Waals surface area contributed by atoms with Gasteiger partial charge in [0.1, 0.15) is 5.82 Å². The average Bonchev–Trinajstić information content (AvgIpc) is 2.28. The van der Waals surface area contributed by atoms with E-state index in [2.05, 4.69) is 5.32 Å². The van der Waals surface area contributed by atoms with Crippen LogP contribution in [0.25, 0.3) is 0 Å². The van der Waals surface area contributed by atoms with Crippen LogP contribution in [0.2, 0.25) is 0 Å². The molecule has 0 amide bonds. The normalized spacial score (nSPS) is 15.3. The van der Waals surface area contributed by atoms with Gasteiger partial charge in [-0.15, -0.1) is 0 Å². The third-order valence-corrected chi connectivity index (χ3v) is 2.87. The molecule has 2 atom stereocenters. The highest BCUT2D eigenvalue weighted by Crippen LogP contribution is 2.32. The number of likely N-dealkylation sites (N-methyl/N-ethyl adjacent to an activating group) is 1. The van der Waals surface area contributed by atoms with Gasteiger partial charge < -0.3 is 10.1 Å². The molecule has 19 heavy (non-hydrogen) atoms. The second-order valence-electron chi connectivity index (χ2n) is 4.16. The van der Waals surface area contributed by atoms with Gasteiger partial charge in [-0.3, -0.25) is 0 Å². The van der Waals surface area contributed by atoms with E-state index >= 15 is 0 Å². The van der Waals surface area contributed by atoms with Gasteiger partial charge >= 0.3 is 6.18 Å². The van der Waals surface area contributed by atoms with Crippen LogP contribution in [0.1, 0.15) is 31.0 Å². The zero-order chi connectivity index (χ0) is 14.6. The molecule has 0 aliphatic rings. The Balaban J connectivity index is 3.05. The van der Waals surface area contributed by atoms with Crippen molar-refractivity contribution in [3.8, 4) is 0 Å². The highest BCUT2D eigenvalue weighted by atomic mass is 19.4. The molecule has 0 spiro atoms. The molecule has 0 heterocycles. The van der Waals surface area contributed by atoms with Gasteiger partial charge in [-0.05, 0) is 38.6 Å². The lowest BCUT2D eigenvalue weighted by Crippen LogP contribution is -2.29. The number of ether oxygens (including phenoxy) is 1. The topological polar surface area (TPSA) is 21.3 Å². The number of nitrogens with one attached hydrogen (secondary N) is 1.